The summed E-state index contributed by atoms with van der Waals surface area (Å²) in [5.74, 6) is 0. The predicted molar refractivity (Wildman–Crippen MR) is 106 cm³/mol. The highest BCUT2D eigenvalue weighted by Gasteiger charge is 2.11. The van der Waals surface area contributed by atoms with Crippen LogP contribution in [0.15, 0.2) is 85.6 Å². The van der Waals surface area contributed by atoms with Gasteiger partial charge in [0.2, 0.25) is 0 Å². The van der Waals surface area contributed by atoms with Crippen molar-refractivity contribution in [3.8, 4) is 28.2 Å². The van der Waals surface area contributed by atoms with Crippen LogP contribution in [0.3, 0.4) is 0 Å². The lowest BCUT2D eigenvalue weighted by Crippen LogP contribution is -1.99. The van der Waals surface area contributed by atoms with Gasteiger partial charge in [-0.1, -0.05) is 11.6 Å². The summed E-state index contributed by atoms with van der Waals surface area (Å²) < 4.78 is 3.99. The number of halogens is 1. The maximum Gasteiger partial charge on any atom is 0.137 e. The summed E-state index contributed by atoms with van der Waals surface area (Å²) in [6, 6.07) is 17.7. The summed E-state index contributed by atoms with van der Waals surface area (Å²) in [6.45, 7) is 0. The van der Waals surface area contributed by atoms with Gasteiger partial charge in [-0.15, -0.1) is 0 Å². The molecule has 0 aliphatic rings. The van der Waals surface area contributed by atoms with Crippen molar-refractivity contribution in [1.82, 2.24) is 24.1 Å². The Labute approximate surface area is 160 Å². The molecule has 1 aromatic carbocycles. The van der Waals surface area contributed by atoms with Crippen molar-refractivity contribution >= 4 is 17.2 Å². The van der Waals surface area contributed by atoms with Crippen LogP contribution in [0.25, 0.3) is 33.8 Å². The molecule has 6 heteroatoms. The number of aromatic nitrogens is 5. The second kappa shape index (κ2) is 6.37. The fraction of sp³-hybridized carbons (Fsp3) is 0. The van der Waals surface area contributed by atoms with E-state index in [9.17, 15) is 0 Å². The summed E-state index contributed by atoms with van der Waals surface area (Å²) in [5, 5.41) is 5.18. The zero-order chi connectivity index (χ0) is 18.2. The zero-order valence-corrected chi connectivity index (χ0v) is 15.0. The highest BCUT2D eigenvalue weighted by molar-refractivity contribution is 6.30. The zero-order valence-electron chi connectivity index (χ0n) is 14.2. The van der Waals surface area contributed by atoms with E-state index in [2.05, 4.69) is 31.7 Å². The first-order valence-electron chi connectivity index (χ1n) is 8.47. The lowest BCUT2D eigenvalue weighted by atomic mass is 10.2. The van der Waals surface area contributed by atoms with Gasteiger partial charge < -0.3 is 0 Å². The molecule has 27 heavy (non-hydrogen) atoms. The lowest BCUT2D eigenvalue weighted by molar-refractivity contribution is 0.887. The summed E-state index contributed by atoms with van der Waals surface area (Å²) in [5.41, 5.74) is 5.98. The van der Waals surface area contributed by atoms with Crippen LogP contribution in [-0.2, 0) is 0 Å². The summed E-state index contributed by atoms with van der Waals surface area (Å²) in [7, 11) is 0. The topological polar surface area (TPSA) is 48.0 Å². The first-order chi connectivity index (χ1) is 13.3. The molecule has 0 saturated heterocycles. The number of pyridine rings is 2. The third-order valence-corrected chi connectivity index (χ3v) is 4.74. The molecular formula is C21H14ClN5. The minimum atomic E-state index is 0.703. The number of fused-ring (bicyclic) bond motifs is 1. The van der Waals surface area contributed by atoms with E-state index in [4.69, 9.17) is 11.6 Å². The second-order valence-corrected chi connectivity index (χ2v) is 6.57. The minimum absolute atomic E-state index is 0.703. The molecular weight excluding hydrogens is 358 g/mol. The van der Waals surface area contributed by atoms with Gasteiger partial charge in [0.1, 0.15) is 5.65 Å². The molecule has 5 aromatic rings. The van der Waals surface area contributed by atoms with E-state index >= 15 is 0 Å². The monoisotopic (exact) mass is 371 g/mol. The Morgan fingerprint density at radius 1 is 0.741 bits per heavy atom. The number of imidazole rings is 1. The Bertz CT molecular complexity index is 1220. The molecule has 130 valence electrons. The highest BCUT2D eigenvalue weighted by Crippen LogP contribution is 2.26. The Kier molecular flexibility index (Phi) is 3.73. The Morgan fingerprint density at radius 2 is 1.56 bits per heavy atom. The summed E-state index contributed by atoms with van der Waals surface area (Å²) in [6.07, 6.45) is 9.33. The molecule has 0 unspecified atom stereocenters. The van der Waals surface area contributed by atoms with Crippen molar-refractivity contribution in [1.29, 1.82) is 0 Å². The second-order valence-electron chi connectivity index (χ2n) is 6.13. The number of benzene rings is 1. The average Bonchev–Trinajstić information content (AvgIpc) is 3.36. The molecule has 4 aromatic heterocycles. The molecule has 0 saturated carbocycles. The largest absolute Gasteiger partial charge is 0.299 e. The van der Waals surface area contributed by atoms with Crippen molar-refractivity contribution in [3.63, 3.8) is 0 Å². The van der Waals surface area contributed by atoms with Crippen LogP contribution >= 0.6 is 11.6 Å². The van der Waals surface area contributed by atoms with Crippen LogP contribution < -0.4 is 0 Å². The van der Waals surface area contributed by atoms with Gasteiger partial charge in [-0.3, -0.25) is 9.38 Å². The van der Waals surface area contributed by atoms with Gasteiger partial charge in [0.25, 0.3) is 0 Å². The number of hydrogen-bond donors (Lipinski definition) is 0. The minimum Gasteiger partial charge on any atom is -0.299 e. The predicted octanol–water partition coefficient (Wildman–Crippen LogP) is 4.90. The van der Waals surface area contributed by atoms with Gasteiger partial charge in [-0.25, -0.2) is 9.67 Å². The maximum atomic E-state index is 6.01. The molecule has 5 rings (SSSR count). The van der Waals surface area contributed by atoms with Gasteiger partial charge >= 0.3 is 0 Å². The van der Waals surface area contributed by atoms with Crippen molar-refractivity contribution in [2.75, 3.05) is 0 Å². The smallest absolute Gasteiger partial charge is 0.137 e. The van der Waals surface area contributed by atoms with Crippen molar-refractivity contribution in [2.45, 2.75) is 0 Å². The van der Waals surface area contributed by atoms with Crippen LogP contribution in [0.4, 0.5) is 0 Å². The molecule has 0 radical (unpaired) electrons. The number of rotatable bonds is 3. The van der Waals surface area contributed by atoms with Gasteiger partial charge in [0.15, 0.2) is 0 Å². The first-order valence-corrected chi connectivity index (χ1v) is 8.85. The quantitative estimate of drug-likeness (QED) is 0.453. The van der Waals surface area contributed by atoms with Gasteiger partial charge in [0, 0.05) is 34.7 Å². The lowest BCUT2D eigenvalue weighted by Gasteiger charge is -2.09. The molecule has 0 aliphatic heterocycles. The SMILES string of the molecule is Clc1ccc(-n2nccc2-c2ccc3ncc(-c4ccncc4)n3c2)cc1. The van der Waals surface area contributed by atoms with Crippen molar-refractivity contribution in [3.05, 3.63) is 90.6 Å². The molecule has 0 fully saturated rings. The van der Waals surface area contributed by atoms with Gasteiger partial charge in [-0.05, 0) is 54.6 Å². The summed E-state index contributed by atoms with van der Waals surface area (Å²) >= 11 is 6.01. The standard InChI is InChI=1S/C21H14ClN5/c22-17-2-4-18(5-3-17)27-19(9-12-25-27)16-1-6-21-24-13-20(26(21)14-16)15-7-10-23-11-8-15/h1-14H. The number of hydrogen-bond acceptors (Lipinski definition) is 3. The molecule has 0 aliphatic carbocycles. The third kappa shape index (κ3) is 2.78. The van der Waals surface area contributed by atoms with E-state index in [0.717, 1.165) is 33.8 Å². The van der Waals surface area contributed by atoms with E-state index in [1.165, 1.54) is 0 Å². The molecule has 0 bridgehead atoms. The maximum absolute atomic E-state index is 6.01. The van der Waals surface area contributed by atoms with E-state index in [1.54, 1.807) is 18.6 Å². The highest BCUT2D eigenvalue weighted by atomic mass is 35.5. The number of nitrogens with zero attached hydrogens (tertiary/aromatic N) is 5. The fourth-order valence-corrected chi connectivity index (χ4v) is 3.30. The van der Waals surface area contributed by atoms with Crippen LogP contribution in [0.2, 0.25) is 5.02 Å². The fourth-order valence-electron chi connectivity index (χ4n) is 3.18. The summed E-state index contributed by atoms with van der Waals surface area (Å²) in [4.78, 5) is 8.61. The molecule has 0 N–H and O–H groups in total. The average molecular weight is 372 g/mol. The van der Waals surface area contributed by atoms with Crippen molar-refractivity contribution < 1.29 is 0 Å². The Hall–Kier alpha value is -3.44. The third-order valence-electron chi connectivity index (χ3n) is 4.49. The normalized spacial score (nSPS) is 11.1. The van der Waals surface area contributed by atoms with Crippen molar-refractivity contribution in [2.24, 2.45) is 0 Å². The van der Waals surface area contributed by atoms with Crippen LogP contribution in [0.5, 0.6) is 0 Å². The van der Waals surface area contributed by atoms with E-state index in [-0.39, 0.29) is 0 Å². The van der Waals surface area contributed by atoms with Gasteiger partial charge in [-0.2, -0.15) is 5.10 Å². The first kappa shape index (κ1) is 15.8. The Morgan fingerprint density at radius 3 is 2.37 bits per heavy atom. The van der Waals surface area contributed by atoms with Gasteiger partial charge in [0.05, 0.1) is 29.5 Å². The Balaban J connectivity index is 1.65. The van der Waals surface area contributed by atoms with E-state index in [0.29, 0.717) is 5.02 Å². The van der Waals surface area contributed by atoms with Crippen LogP contribution in [-0.4, -0.2) is 24.1 Å². The molecule has 0 amide bonds. The molecule has 5 nitrogen and oxygen atoms in total. The van der Waals surface area contributed by atoms with Crippen LogP contribution in [0, 0.1) is 0 Å². The van der Waals surface area contributed by atoms with Crippen LogP contribution in [0.1, 0.15) is 0 Å². The van der Waals surface area contributed by atoms with E-state index in [1.807, 2.05) is 59.4 Å². The molecule has 4 heterocycles. The molecule has 0 atom stereocenters. The van der Waals surface area contributed by atoms with E-state index < -0.39 is 0 Å². The molecule has 0 spiro atoms.